The first-order valence-corrected chi connectivity index (χ1v) is 10.3. The molecule has 0 aromatic heterocycles. The van der Waals surface area contributed by atoms with Gasteiger partial charge in [-0.05, 0) is 51.3 Å². The van der Waals surface area contributed by atoms with Crippen LogP contribution in [0.3, 0.4) is 0 Å². The monoisotopic (exact) mass is 306 g/mol. The summed E-state index contributed by atoms with van der Waals surface area (Å²) in [5.74, 6) is 0.269. The minimum Gasteiger partial charge on any atom is -0.314 e. The maximum absolute atomic E-state index is 12.1. The molecule has 1 aliphatic carbocycles. The number of thioether (sulfide) groups is 1. The Morgan fingerprint density at radius 3 is 2.74 bits per heavy atom. The molecule has 1 heterocycles. The molecule has 19 heavy (non-hydrogen) atoms. The molecule has 6 heteroatoms. The lowest BCUT2D eigenvalue weighted by Gasteiger charge is -2.23. The lowest BCUT2D eigenvalue weighted by atomic mass is 10.0. The first-order valence-electron chi connectivity index (χ1n) is 7.35. The zero-order valence-electron chi connectivity index (χ0n) is 11.7. The van der Waals surface area contributed by atoms with Crippen molar-refractivity contribution >= 4 is 21.8 Å². The van der Waals surface area contributed by atoms with E-state index in [0.717, 1.165) is 38.6 Å². The van der Waals surface area contributed by atoms with Gasteiger partial charge in [0.2, 0.25) is 10.0 Å². The molecule has 0 aromatic rings. The zero-order chi connectivity index (χ0) is 13.7. The quantitative estimate of drug-likeness (QED) is 0.784. The van der Waals surface area contributed by atoms with Crippen LogP contribution in [0.25, 0.3) is 0 Å². The van der Waals surface area contributed by atoms with E-state index in [-0.39, 0.29) is 11.8 Å². The van der Waals surface area contributed by atoms with Gasteiger partial charge < -0.3 is 5.32 Å². The van der Waals surface area contributed by atoms with Crippen LogP contribution in [0, 0.1) is 0 Å². The Morgan fingerprint density at radius 2 is 2.11 bits per heavy atom. The van der Waals surface area contributed by atoms with Gasteiger partial charge >= 0.3 is 0 Å². The van der Waals surface area contributed by atoms with Gasteiger partial charge in [0.05, 0.1) is 5.75 Å². The highest BCUT2D eigenvalue weighted by Crippen LogP contribution is 2.28. The Hall–Kier alpha value is 0.220. The van der Waals surface area contributed by atoms with Crippen molar-refractivity contribution in [3.63, 3.8) is 0 Å². The van der Waals surface area contributed by atoms with E-state index in [1.165, 1.54) is 12.8 Å². The maximum Gasteiger partial charge on any atom is 0.211 e. The molecule has 1 aliphatic heterocycles. The van der Waals surface area contributed by atoms with Crippen molar-refractivity contribution in [2.45, 2.75) is 62.3 Å². The van der Waals surface area contributed by atoms with Gasteiger partial charge in [0.15, 0.2) is 0 Å². The molecule has 2 aliphatic rings. The van der Waals surface area contributed by atoms with E-state index in [9.17, 15) is 8.42 Å². The predicted molar refractivity (Wildman–Crippen MR) is 82.1 cm³/mol. The van der Waals surface area contributed by atoms with Crippen LogP contribution in [0.4, 0.5) is 0 Å². The van der Waals surface area contributed by atoms with E-state index in [1.807, 2.05) is 11.8 Å². The summed E-state index contributed by atoms with van der Waals surface area (Å²) >= 11 is 1.85. The minimum atomic E-state index is -3.10. The van der Waals surface area contributed by atoms with Crippen LogP contribution in [0.5, 0.6) is 0 Å². The summed E-state index contributed by atoms with van der Waals surface area (Å²) in [6, 6.07) is 0.564. The van der Waals surface area contributed by atoms with Gasteiger partial charge in [-0.3, -0.25) is 0 Å². The van der Waals surface area contributed by atoms with Gasteiger partial charge in [-0.15, -0.1) is 0 Å². The molecule has 0 radical (unpaired) electrons. The molecule has 1 saturated heterocycles. The smallest absolute Gasteiger partial charge is 0.211 e. The van der Waals surface area contributed by atoms with Crippen molar-refractivity contribution in [3.05, 3.63) is 0 Å². The first-order chi connectivity index (χ1) is 9.09. The average molecular weight is 306 g/mol. The number of sulfonamides is 1. The number of nitrogens with one attached hydrogen (secondary N) is 2. The van der Waals surface area contributed by atoms with Crippen LogP contribution in [0.2, 0.25) is 0 Å². The topological polar surface area (TPSA) is 58.2 Å². The second kappa shape index (κ2) is 7.29. The third-order valence-electron chi connectivity index (χ3n) is 4.21. The molecule has 0 amide bonds. The van der Waals surface area contributed by atoms with Gasteiger partial charge in [0.1, 0.15) is 0 Å². The Morgan fingerprint density at radius 1 is 1.26 bits per heavy atom. The molecular weight excluding hydrogens is 280 g/mol. The summed E-state index contributed by atoms with van der Waals surface area (Å²) in [5, 5.41) is 4.04. The van der Waals surface area contributed by atoms with Crippen LogP contribution in [0.1, 0.15) is 44.9 Å². The fourth-order valence-electron chi connectivity index (χ4n) is 3.04. The Kier molecular flexibility index (Phi) is 5.99. The molecule has 2 N–H and O–H groups in total. The molecule has 0 spiro atoms. The summed E-state index contributed by atoms with van der Waals surface area (Å²) in [7, 11) is -3.10. The summed E-state index contributed by atoms with van der Waals surface area (Å²) in [4.78, 5) is 0. The minimum absolute atomic E-state index is 0.168. The Labute approximate surface area is 121 Å². The van der Waals surface area contributed by atoms with Crippen molar-refractivity contribution < 1.29 is 8.42 Å². The largest absolute Gasteiger partial charge is 0.314 e. The molecule has 4 nitrogen and oxygen atoms in total. The van der Waals surface area contributed by atoms with Crippen molar-refractivity contribution in [2.75, 3.05) is 18.6 Å². The van der Waals surface area contributed by atoms with E-state index in [4.69, 9.17) is 0 Å². The fraction of sp³-hybridized carbons (Fsp3) is 1.00. The highest BCUT2D eigenvalue weighted by molar-refractivity contribution is 7.99. The molecule has 2 rings (SSSR count). The van der Waals surface area contributed by atoms with Crippen molar-refractivity contribution in [1.29, 1.82) is 0 Å². The third-order valence-corrected chi connectivity index (χ3v) is 6.77. The SMILES string of the molecule is CSC1CCC(NS(=O)(=O)CCC2CCCCN2)C1. The van der Waals surface area contributed by atoms with E-state index in [0.29, 0.717) is 11.3 Å². The molecular formula is C13H26N2O2S2. The highest BCUT2D eigenvalue weighted by Gasteiger charge is 2.27. The maximum atomic E-state index is 12.1. The van der Waals surface area contributed by atoms with Gasteiger partial charge in [0, 0.05) is 17.3 Å². The summed E-state index contributed by atoms with van der Waals surface area (Å²) < 4.78 is 27.0. The summed E-state index contributed by atoms with van der Waals surface area (Å²) in [6.07, 6.45) is 9.54. The van der Waals surface area contributed by atoms with Gasteiger partial charge in [-0.25, -0.2) is 13.1 Å². The molecule has 1 saturated carbocycles. The van der Waals surface area contributed by atoms with Crippen LogP contribution < -0.4 is 10.0 Å². The van der Waals surface area contributed by atoms with Gasteiger partial charge in [-0.2, -0.15) is 11.8 Å². The molecule has 2 fully saturated rings. The Balaban J connectivity index is 1.72. The van der Waals surface area contributed by atoms with Crippen molar-refractivity contribution in [1.82, 2.24) is 10.0 Å². The lowest BCUT2D eigenvalue weighted by Crippen LogP contribution is -2.39. The molecule has 3 atom stereocenters. The van der Waals surface area contributed by atoms with Crippen molar-refractivity contribution in [2.24, 2.45) is 0 Å². The summed E-state index contributed by atoms with van der Waals surface area (Å²) in [6.45, 7) is 1.04. The second-order valence-electron chi connectivity index (χ2n) is 5.74. The van der Waals surface area contributed by atoms with Crippen LogP contribution in [-0.2, 0) is 10.0 Å². The molecule has 0 aromatic carbocycles. The Bertz CT molecular complexity index is 367. The van der Waals surface area contributed by atoms with Gasteiger partial charge in [-0.1, -0.05) is 6.42 Å². The first kappa shape index (κ1) is 15.6. The second-order valence-corrected chi connectivity index (χ2v) is 8.75. The number of hydrogen-bond donors (Lipinski definition) is 2. The normalized spacial score (nSPS) is 32.6. The number of rotatable bonds is 6. The van der Waals surface area contributed by atoms with Crippen molar-refractivity contribution in [3.8, 4) is 0 Å². The standard InChI is InChI=1S/C13H26N2O2S2/c1-18-13-6-5-12(10-13)15-19(16,17)9-7-11-4-2-3-8-14-11/h11-15H,2-10H2,1H3. The molecule has 0 bridgehead atoms. The van der Waals surface area contributed by atoms with E-state index in [1.54, 1.807) is 0 Å². The van der Waals surface area contributed by atoms with Crippen LogP contribution in [0.15, 0.2) is 0 Å². The highest BCUT2D eigenvalue weighted by atomic mass is 32.2. The van der Waals surface area contributed by atoms with E-state index < -0.39 is 10.0 Å². The number of hydrogen-bond acceptors (Lipinski definition) is 4. The molecule has 3 unspecified atom stereocenters. The summed E-state index contributed by atoms with van der Waals surface area (Å²) in [5.41, 5.74) is 0. The predicted octanol–water partition coefficient (Wildman–Crippen LogP) is 1.72. The number of piperidine rings is 1. The molecule has 112 valence electrons. The zero-order valence-corrected chi connectivity index (χ0v) is 13.4. The van der Waals surface area contributed by atoms with Crippen LogP contribution >= 0.6 is 11.8 Å². The van der Waals surface area contributed by atoms with E-state index in [2.05, 4.69) is 16.3 Å². The lowest BCUT2D eigenvalue weighted by molar-refractivity contribution is 0.392. The van der Waals surface area contributed by atoms with Gasteiger partial charge in [0.25, 0.3) is 0 Å². The third kappa shape index (κ3) is 5.25. The average Bonchev–Trinajstić information content (AvgIpc) is 2.85. The van der Waals surface area contributed by atoms with E-state index >= 15 is 0 Å². The fourth-order valence-corrected chi connectivity index (χ4v) is 5.27. The van der Waals surface area contributed by atoms with Crippen LogP contribution in [-0.4, -0.2) is 44.3 Å².